The monoisotopic (exact) mass is 605 g/mol. The first kappa shape index (κ1) is 33.9. The molecule has 2 aromatic carbocycles. The van der Waals surface area contributed by atoms with Crippen molar-refractivity contribution in [2.75, 3.05) is 40.6 Å². The highest BCUT2D eigenvalue weighted by Crippen LogP contribution is 2.47. The van der Waals surface area contributed by atoms with Gasteiger partial charge in [-0.25, -0.2) is 0 Å². The van der Waals surface area contributed by atoms with Crippen LogP contribution >= 0.6 is 0 Å². The number of hydrogen-bond acceptors (Lipinski definition) is 12. The summed E-state index contributed by atoms with van der Waals surface area (Å²) in [6.07, 6.45) is 2.60. The number of hydrogen-bond donors (Lipinski definition) is 7. The van der Waals surface area contributed by atoms with E-state index in [-0.39, 0.29) is 58.6 Å². The van der Waals surface area contributed by atoms with Crippen LogP contribution in [0.15, 0.2) is 18.2 Å². The Hall–Kier alpha value is -3.59. The zero-order chi connectivity index (χ0) is 31.7. The molecule has 6 rings (SSSR count). The van der Waals surface area contributed by atoms with Gasteiger partial charge in [-0.1, -0.05) is 12.1 Å². The predicted octanol–water partition coefficient (Wildman–Crippen LogP) is 1.11. The molecule has 236 valence electrons. The Labute approximate surface area is 248 Å². The summed E-state index contributed by atoms with van der Waals surface area (Å²) in [7, 11) is 2.37. The van der Waals surface area contributed by atoms with Crippen molar-refractivity contribution in [2.45, 2.75) is 51.0 Å². The lowest BCUT2D eigenvalue weighted by atomic mass is 9.75. The lowest BCUT2D eigenvalue weighted by Gasteiger charge is -2.28. The standard InChI is InChI=1S/C20H16O7.C5H10O2.C4H9NO2.CH4O/c1-27-12-4-2-3-10-13(12)19(24)15-14(17(10)22)18(23)11-7-8(20(25)26)5-6-9(11)16(15)21;6-5-3-1-2-4-7-5;6-4-3-7-2-1-5-4;1-2/h2-4,8,21,23H,5-7H2,1H3,(H,25,26);5-6H,1-4H2;4-6H,1-3H2;2H,1H3. The molecule has 2 aliphatic heterocycles. The van der Waals surface area contributed by atoms with Gasteiger partial charge in [0.05, 0.1) is 42.9 Å². The quantitative estimate of drug-likeness (QED) is 0.204. The van der Waals surface area contributed by atoms with Crippen LogP contribution in [0.25, 0.3) is 0 Å². The molecule has 2 fully saturated rings. The molecule has 3 unspecified atom stereocenters. The summed E-state index contributed by atoms with van der Waals surface area (Å²) < 4.78 is 14.9. The van der Waals surface area contributed by atoms with Gasteiger partial charge in [0.15, 0.2) is 12.1 Å². The van der Waals surface area contributed by atoms with Crippen molar-refractivity contribution in [3.8, 4) is 17.2 Å². The largest absolute Gasteiger partial charge is 0.507 e. The number of carboxylic acids is 1. The SMILES string of the molecule is CO.COc1cccc2c1C(=O)c1c(O)c3c(c(O)c1C2=O)CC(C(=O)O)CC3.OC1CCCCO1.OC1COCCN1. The third-order valence-electron chi connectivity index (χ3n) is 7.43. The fraction of sp³-hybridized carbons (Fsp3) is 0.500. The molecule has 13 heteroatoms. The summed E-state index contributed by atoms with van der Waals surface area (Å²) in [4.78, 5) is 37.4. The van der Waals surface area contributed by atoms with Gasteiger partial charge in [-0.2, -0.15) is 0 Å². The van der Waals surface area contributed by atoms with Crippen LogP contribution in [-0.4, -0.2) is 101 Å². The number of ketones is 2. The Bertz CT molecular complexity index is 1280. The van der Waals surface area contributed by atoms with Crippen LogP contribution in [0.5, 0.6) is 17.2 Å². The number of phenols is 2. The molecular weight excluding hydrogens is 566 g/mol. The first-order chi connectivity index (χ1) is 20.6. The van der Waals surface area contributed by atoms with Gasteiger partial charge in [0.1, 0.15) is 23.5 Å². The number of aliphatic hydroxyl groups excluding tert-OH is 3. The van der Waals surface area contributed by atoms with Crippen molar-refractivity contribution < 1.29 is 59.2 Å². The molecule has 7 N–H and O–H groups in total. The maximum absolute atomic E-state index is 13.1. The lowest BCUT2D eigenvalue weighted by Crippen LogP contribution is -2.40. The van der Waals surface area contributed by atoms with E-state index in [0.717, 1.165) is 46.1 Å². The van der Waals surface area contributed by atoms with Gasteiger partial charge in [0, 0.05) is 37.0 Å². The first-order valence-corrected chi connectivity index (χ1v) is 14.0. The van der Waals surface area contributed by atoms with Crippen molar-refractivity contribution in [3.05, 3.63) is 51.6 Å². The number of benzene rings is 2. The molecule has 0 radical (unpaired) electrons. The van der Waals surface area contributed by atoms with E-state index in [1.807, 2.05) is 0 Å². The molecule has 2 aliphatic carbocycles. The van der Waals surface area contributed by atoms with E-state index in [4.69, 9.17) is 29.5 Å². The molecule has 2 heterocycles. The molecule has 2 saturated heterocycles. The fourth-order valence-corrected chi connectivity index (χ4v) is 5.29. The Morgan fingerprint density at radius 2 is 1.65 bits per heavy atom. The number of nitrogens with one attached hydrogen (secondary N) is 1. The Morgan fingerprint density at radius 3 is 2.16 bits per heavy atom. The van der Waals surface area contributed by atoms with Gasteiger partial charge in [-0.15, -0.1) is 0 Å². The lowest BCUT2D eigenvalue weighted by molar-refractivity contribution is -0.142. The van der Waals surface area contributed by atoms with E-state index < -0.39 is 41.7 Å². The van der Waals surface area contributed by atoms with Gasteiger partial charge in [0.2, 0.25) is 5.78 Å². The maximum atomic E-state index is 13.1. The number of phenolic OH excluding ortho intramolecular Hbond substituents is 2. The summed E-state index contributed by atoms with van der Waals surface area (Å²) in [5.74, 6) is -3.51. The van der Waals surface area contributed by atoms with E-state index in [1.165, 1.54) is 13.2 Å². The van der Waals surface area contributed by atoms with Crippen molar-refractivity contribution in [1.29, 1.82) is 0 Å². The summed E-state index contributed by atoms with van der Waals surface area (Å²) in [6, 6.07) is 4.56. The highest BCUT2D eigenvalue weighted by atomic mass is 16.6. The van der Waals surface area contributed by atoms with E-state index in [9.17, 15) is 29.7 Å². The van der Waals surface area contributed by atoms with Gasteiger partial charge in [-0.05, 0) is 44.6 Å². The van der Waals surface area contributed by atoms with Crippen molar-refractivity contribution >= 4 is 17.5 Å². The molecule has 2 aromatic rings. The molecule has 0 amide bonds. The average Bonchev–Trinajstić information content (AvgIpc) is 3.03. The van der Waals surface area contributed by atoms with Crippen LogP contribution in [-0.2, 0) is 27.1 Å². The molecule has 43 heavy (non-hydrogen) atoms. The maximum Gasteiger partial charge on any atom is 0.306 e. The number of fused-ring (bicyclic) bond motifs is 3. The first-order valence-electron chi connectivity index (χ1n) is 14.0. The molecule has 0 aromatic heterocycles. The van der Waals surface area contributed by atoms with Crippen LogP contribution in [0.4, 0.5) is 0 Å². The van der Waals surface area contributed by atoms with Crippen LogP contribution in [0.2, 0.25) is 0 Å². The second-order valence-electron chi connectivity index (χ2n) is 10.1. The average molecular weight is 606 g/mol. The number of morpholine rings is 1. The minimum atomic E-state index is -1.00. The zero-order valence-corrected chi connectivity index (χ0v) is 24.2. The number of carboxylic acid groups (broad SMARTS) is 1. The second-order valence-corrected chi connectivity index (χ2v) is 10.1. The van der Waals surface area contributed by atoms with Gasteiger partial charge in [0.25, 0.3) is 0 Å². The molecule has 0 bridgehead atoms. The van der Waals surface area contributed by atoms with Gasteiger partial charge >= 0.3 is 5.97 Å². The molecule has 4 aliphatic rings. The zero-order valence-electron chi connectivity index (χ0n) is 24.2. The van der Waals surface area contributed by atoms with E-state index in [0.29, 0.717) is 12.2 Å². The Kier molecular flexibility index (Phi) is 12.4. The van der Waals surface area contributed by atoms with Crippen molar-refractivity contribution in [3.63, 3.8) is 0 Å². The van der Waals surface area contributed by atoms with Crippen LogP contribution in [0.1, 0.15) is 68.7 Å². The topological polar surface area (TPSA) is 212 Å². The summed E-state index contributed by atoms with van der Waals surface area (Å²) >= 11 is 0. The summed E-state index contributed by atoms with van der Waals surface area (Å²) in [6.45, 7) is 2.65. The van der Waals surface area contributed by atoms with Gasteiger partial charge < -0.3 is 44.8 Å². The highest BCUT2D eigenvalue weighted by molar-refractivity contribution is 6.31. The smallest absolute Gasteiger partial charge is 0.306 e. The number of ether oxygens (including phenoxy) is 3. The fourth-order valence-electron chi connectivity index (χ4n) is 5.29. The molecule has 3 atom stereocenters. The normalized spacial score (nSPS) is 22.0. The van der Waals surface area contributed by atoms with Crippen molar-refractivity contribution in [1.82, 2.24) is 5.32 Å². The van der Waals surface area contributed by atoms with Crippen LogP contribution < -0.4 is 10.1 Å². The van der Waals surface area contributed by atoms with Crippen LogP contribution in [0, 0.1) is 5.92 Å². The number of carbonyl (C=O) groups excluding carboxylic acids is 2. The molecule has 0 spiro atoms. The summed E-state index contributed by atoms with van der Waals surface area (Å²) in [5, 5.41) is 57.9. The summed E-state index contributed by atoms with van der Waals surface area (Å²) in [5.41, 5.74) is 0.143. The predicted molar refractivity (Wildman–Crippen MR) is 152 cm³/mol. The Morgan fingerprint density at radius 1 is 0.953 bits per heavy atom. The molecule has 13 nitrogen and oxygen atoms in total. The number of methoxy groups -OCH3 is 1. The molecule has 0 saturated carbocycles. The van der Waals surface area contributed by atoms with Crippen LogP contribution in [0.3, 0.4) is 0 Å². The van der Waals surface area contributed by atoms with E-state index in [2.05, 4.69) is 5.32 Å². The minimum absolute atomic E-state index is 0.0101. The van der Waals surface area contributed by atoms with E-state index in [1.54, 1.807) is 12.1 Å². The minimum Gasteiger partial charge on any atom is -0.507 e. The molecular formula is C30H39NO12. The van der Waals surface area contributed by atoms with E-state index >= 15 is 0 Å². The van der Waals surface area contributed by atoms with Crippen molar-refractivity contribution in [2.24, 2.45) is 5.92 Å². The Balaban J connectivity index is 0.000000257. The number of rotatable bonds is 2. The highest BCUT2D eigenvalue weighted by Gasteiger charge is 2.41. The number of aliphatic carboxylic acids is 1. The third-order valence-corrected chi connectivity index (χ3v) is 7.43. The van der Waals surface area contributed by atoms with Gasteiger partial charge in [-0.3, -0.25) is 19.7 Å². The number of aliphatic hydroxyl groups is 3. The number of carbonyl (C=O) groups is 3. The third kappa shape index (κ3) is 7.68. The number of aromatic hydroxyl groups is 2. The second kappa shape index (κ2) is 15.8.